The fraction of sp³-hybridized carbons (Fsp3) is 0.154. The van der Waals surface area contributed by atoms with E-state index in [4.69, 9.17) is 9.40 Å². The fourth-order valence-electron chi connectivity index (χ4n) is 3.56. The molecule has 4 nitrogen and oxygen atoms in total. The first kappa shape index (κ1) is 19.5. The summed E-state index contributed by atoms with van der Waals surface area (Å²) in [6.45, 7) is 6.47. The molecule has 0 radical (unpaired) electrons. The number of thiazole rings is 1. The molecule has 0 atom stereocenters. The second-order valence-electron chi connectivity index (χ2n) is 7.89. The van der Waals surface area contributed by atoms with Crippen molar-refractivity contribution < 1.29 is 4.42 Å². The number of hydrogen-bond donors (Lipinski definition) is 1. The van der Waals surface area contributed by atoms with E-state index >= 15 is 0 Å². The first-order valence-corrected chi connectivity index (χ1v) is 11.2. The zero-order chi connectivity index (χ0) is 21.4. The SMILES string of the molecule is Cc1sc(-c2ccccc2)nc1-c1ccc(Nc2nc3cc(C(C)C)ccc3o2)cc1. The number of nitrogens with one attached hydrogen (secondary N) is 1. The van der Waals surface area contributed by atoms with Crippen LogP contribution in [0.15, 0.2) is 77.2 Å². The molecule has 0 bridgehead atoms. The minimum absolute atomic E-state index is 0.460. The van der Waals surface area contributed by atoms with E-state index in [0.717, 1.165) is 38.6 Å². The van der Waals surface area contributed by atoms with Crippen LogP contribution in [0.25, 0.3) is 32.9 Å². The molecule has 2 heterocycles. The van der Waals surface area contributed by atoms with Crippen LogP contribution in [0, 0.1) is 6.92 Å². The number of hydrogen-bond acceptors (Lipinski definition) is 5. The van der Waals surface area contributed by atoms with Crippen molar-refractivity contribution in [3.8, 4) is 21.8 Å². The van der Waals surface area contributed by atoms with Crippen LogP contribution in [-0.2, 0) is 0 Å². The Morgan fingerprint density at radius 2 is 1.65 bits per heavy atom. The third kappa shape index (κ3) is 3.97. The molecule has 0 aliphatic carbocycles. The van der Waals surface area contributed by atoms with E-state index in [1.807, 2.05) is 36.4 Å². The van der Waals surface area contributed by atoms with Gasteiger partial charge in [-0.15, -0.1) is 11.3 Å². The molecule has 31 heavy (non-hydrogen) atoms. The summed E-state index contributed by atoms with van der Waals surface area (Å²) < 4.78 is 5.86. The number of nitrogens with zero attached hydrogens (tertiary/aromatic N) is 2. The maximum atomic E-state index is 5.86. The Labute approximate surface area is 185 Å². The number of fused-ring (bicyclic) bond motifs is 1. The van der Waals surface area contributed by atoms with Gasteiger partial charge in [0.25, 0.3) is 6.01 Å². The molecule has 5 heteroatoms. The van der Waals surface area contributed by atoms with Crippen molar-refractivity contribution in [1.29, 1.82) is 0 Å². The van der Waals surface area contributed by atoms with Gasteiger partial charge in [-0.1, -0.05) is 62.4 Å². The van der Waals surface area contributed by atoms with Crippen molar-refractivity contribution in [2.45, 2.75) is 26.7 Å². The van der Waals surface area contributed by atoms with Gasteiger partial charge in [0.1, 0.15) is 10.5 Å². The van der Waals surface area contributed by atoms with Gasteiger partial charge in [-0.3, -0.25) is 0 Å². The number of oxazole rings is 1. The Morgan fingerprint density at radius 3 is 2.39 bits per heavy atom. The predicted molar refractivity (Wildman–Crippen MR) is 129 cm³/mol. The molecule has 1 N–H and O–H groups in total. The van der Waals surface area contributed by atoms with Gasteiger partial charge in [-0.05, 0) is 42.7 Å². The molecule has 0 saturated carbocycles. The molecule has 0 aliphatic rings. The lowest BCUT2D eigenvalue weighted by molar-refractivity contribution is 0.623. The van der Waals surface area contributed by atoms with Crippen LogP contribution in [0.4, 0.5) is 11.7 Å². The van der Waals surface area contributed by atoms with Crippen LogP contribution in [0.3, 0.4) is 0 Å². The largest absolute Gasteiger partial charge is 0.423 e. The van der Waals surface area contributed by atoms with Gasteiger partial charge in [0.05, 0.1) is 5.69 Å². The van der Waals surface area contributed by atoms with Gasteiger partial charge < -0.3 is 9.73 Å². The second-order valence-corrected chi connectivity index (χ2v) is 9.10. The number of rotatable bonds is 5. The average Bonchev–Trinajstić information content (AvgIpc) is 3.37. The molecule has 154 valence electrons. The van der Waals surface area contributed by atoms with E-state index in [-0.39, 0.29) is 0 Å². The molecule has 0 saturated heterocycles. The zero-order valence-corrected chi connectivity index (χ0v) is 18.5. The van der Waals surface area contributed by atoms with Crippen molar-refractivity contribution in [2.24, 2.45) is 0 Å². The van der Waals surface area contributed by atoms with E-state index in [0.29, 0.717) is 11.9 Å². The highest BCUT2D eigenvalue weighted by Crippen LogP contribution is 2.34. The quantitative estimate of drug-likeness (QED) is 0.312. The summed E-state index contributed by atoms with van der Waals surface area (Å²) in [5, 5.41) is 4.31. The van der Waals surface area contributed by atoms with Crippen LogP contribution in [0.5, 0.6) is 0 Å². The molecule has 0 amide bonds. The van der Waals surface area contributed by atoms with Crippen molar-refractivity contribution in [1.82, 2.24) is 9.97 Å². The minimum atomic E-state index is 0.460. The molecule has 0 spiro atoms. The van der Waals surface area contributed by atoms with Crippen LogP contribution in [0.2, 0.25) is 0 Å². The molecule has 0 unspecified atom stereocenters. The summed E-state index contributed by atoms with van der Waals surface area (Å²) in [5.74, 6) is 0.460. The summed E-state index contributed by atoms with van der Waals surface area (Å²) >= 11 is 1.72. The highest BCUT2D eigenvalue weighted by molar-refractivity contribution is 7.15. The molecule has 5 aromatic rings. The zero-order valence-electron chi connectivity index (χ0n) is 17.7. The fourth-order valence-corrected chi connectivity index (χ4v) is 4.50. The molecular weight excluding hydrogens is 402 g/mol. The van der Waals surface area contributed by atoms with E-state index in [9.17, 15) is 0 Å². The van der Waals surface area contributed by atoms with Crippen LogP contribution < -0.4 is 5.32 Å². The van der Waals surface area contributed by atoms with Crippen LogP contribution in [-0.4, -0.2) is 9.97 Å². The van der Waals surface area contributed by atoms with E-state index < -0.39 is 0 Å². The first-order valence-electron chi connectivity index (χ1n) is 10.4. The summed E-state index contributed by atoms with van der Waals surface area (Å²) in [6.07, 6.45) is 0. The Kier molecular flexibility index (Phi) is 5.04. The number of aromatic nitrogens is 2. The number of benzene rings is 3. The summed E-state index contributed by atoms with van der Waals surface area (Å²) in [7, 11) is 0. The Morgan fingerprint density at radius 1 is 0.871 bits per heavy atom. The molecular formula is C26H23N3OS. The lowest BCUT2D eigenvalue weighted by Gasteiger charge is -2.03. The maximum Gasteiger partial charge on any atom is 0.300 e. The van der Waals surface area contributed by atoms with Gasteiger partial charge in [0.15, 0.2) is 5.58 Å². The van der Waals surface area contributed by atoms with Gasteiger partial charge in [-0.25, -0.2) is 4.98 Å². The van der Waals surface area contributed by atoms with E-state index in [2.05, 4.69) is 67.5 Å². The predicted octanol–water partition coefficient (Wildman–Crippen LogP) is 7.79. The molecule has 3 aromatic carbocycles. The molecule has 0 aliphatic heterocycles. The standard InChI is InChI=1S/C26H23N3OS/c1-16(2)20-11-14-23-22(15-20)28-26(30-23)27-21-12-9-18(10-13-21)24-17(3)31-25(29-24)19-7-5-4-6-8-19/h4-16H,1-3H3,(H,27,28). The highest BCUT2D eigenvalue weighted by Gasteiger charge is 2.12. The van der Waals surface area contributed by atoms with Crippen molar-refractivity contribution in [3.63, 3.8) is 0 Å². The first-order chi connectivity index (χ1) is 15.1. The Bertz CT molecular complexity index is 1330. The van der Waals surface area contributed by atoms with Gasteiger partial charge >= 0.3 is 0 Å². The van der Waals surface area contributed by atoms with Crippen molar-refractivity contribution in [3.05, 3.63) is 83.2 Å². The summed E-state index contributed by atoms with van der Waals surface area (Å²) in [6, 6.07) is 25.2. The molecule has 5 rings (SSSR count). The van der Waals surface area contributed by atoms with Crippen molar-refractivity contribution in [2.75, 3.05) is 5.32 Å². The van der Waals surface area contributed by atoms with Crippen molar-refractivity contribution >= 4 is 34.1 Å². The lowest BCUT2D eigenvalue weighted by Crippen LogP contribution is -1.90. The van der Waals surface area contributed by atoms with Crippen LogP contribution >= 0.6 is 11.3 Å². The monoisotopic (exact) mass is 425 g/mol. The number of aryl methyl sites for hydroxylation is 1. The number of anilines is 2. The summed E-state index contributed by atoms with van der Waals surface area (Å²) in [4.78, 5) is 10.7. The van der Waals surface area contributed by atoms with Gasteiger partial charge in [0, 0.05) is 21.7 Å². The Hall–Kier alpha value is -3.44. The summed E-state index contributed by atoms with van der Waals surface area (Å²) in [5.41, 5.74) is 7.11. The highest BCUT2D eigenvalue weighted by atomic mass is 32.1. The topological polar surface area (TPSA) is 51.0 Å². The lowest BCUT2D eigenvalue weighted by atomic mass is 10.0. The minimum Gasteiger partial charge on any atom is -0.423 e. The third-order valence-corrected chi connectivity index (χ3v) is 6.33. The molecule has 0 fully saturated rings. The van der Waals surface area contributed by atoms with Gasteiger partial charge in [-0.2, -0.15) is 4.98 Å². The maximum absolute atomic E-state index is 5.86. The smallest absolute Gasteiger partial charge is 0.300 e. The average molecular weight is 426 g/mol. The van der Waals surface area contributed by atoms with Gasteiger partial charge in [0.2, 0.25) is 0 Å². The third-order valence-electron chi connectivity index (χ3n) is 5.31. The second kappa shape index (κ2) is 8.00. The molecule has 2 aromatic heterocycles. The van der Waals surface area contributed by atoms with Crippen LogP contribution in [0.1, 0.15) is 30.2 Å². The Balaban J connectivity index is 1.37. The van der Waals surface area contributed by atoms with E-state index in [1.165, 1.54) is 10.4 Å². The van der Waals surface area contributed by atoms with E-state index in [1.54, 1.807) is 11.3 Å². The normalized spacial score (nSPS) is 11.4.